The molecule has 0 spiro atoms. The monoisotopic (exact) mass is 547 g/mol. The number of ether oxygens (including phenoxy) is 1. The number of carbonyl (C=O) groups is 1. The number of carboxylic acid groups (broad SMARTS) is 1. The lowest BCUT2D eigenvalue weighted by Gasteiger charge is -2.34. The second kappa shape index (κ2) is 14.7. The molecule has 1 amide bonds. The molecule has 0 radical (unpaired) electrons. The molecule has 39 heavy (non-hydrogen) atoms. The topological polar surface area (TPSA) is 65.0 Å². The second-order valence-corrected chi connectivity index (χ2v) is 10.2. The zero-order valence-electron chi connectivity index (χ0n) is 22.6. The van der Waals surface area contributed by atoms with Crippen LogP contribution < -0.4 is 10.1 Å². The number of amides is 1. The summed E-state index contributed by atoms with van der Waals surface area (Å²) in [5.41, 5.74) is 6.03. The zero-order valence-corrected chi connectivity index (χ0v) is 23.4. The van der Waals surface area contributed by atoms with Crippen LogP contribution in [0.5, 0.6) is 5.75 Å². The van der Waals surface area contributed by atoms with E-state index in [0.717, 1.165) is 74.0 Å². The predicted molar refractivity (Wildman–Crippen MR) is 160 cm³/mol. The highest BCUT2D eigenvalue weighted by Crippen LogP contribution is 2.35. The third-order valence-electron chi connectivity index (χ3n) is 7.12. The average Bonchev–Trinajstić information content (AvgIpc) is 2.96. The van der Waals surface area contributed by atoms with Gasteiger partial charge in [-0.3, -0.25) is 4.90 Å². The molecule has 0 atom stereocenters. The van der Waals surface area contributed by atoms with Crippen molar-refractivity contribution >= 4 is 28.8 Å². The summed E-state index contributed by atoms with van der Waals surface area (Å²) in [6.45, 7) is 9.18. The summed E-state index contributed by atoms with van der Waals surface area (Å²) >= 11 is 6.20. The Morgan fingerprint density at radius 3 is 2.03 bits per heavy atom. The third-order valence-corrected chi connectivity index (χ3v) is 7.37. The van der Waals surface area contributed by atoms with Gasteiger partial charge in [0.2, 0.25) is 0 Å². The van der Waals surface area contributed by atoms with Crippen molar-refractivity contribution in [3.63, 3.8) is 0 Å². The first-order valence-electron chi connectivity index (χ1n) is 13.7. The smallest absolute Gasteiger partial charge is 0.404 e. The van der Waals surface area contributed by atoms with Crippen molar-refractivity contribution in [2.24, 2.45) is 0 Å². The number of nitrogens with one attached hydrogen (secondary N) is 1. The number of nitrogens with zero attached hydrogens (tertiary/aromatic N) is 2. The van der Waals surface area contributed by atoms with Gasteiger partial charge in [-0.15, -0.1) is 0 Å². The fraction of sp³-hybridized carbons (Fsp3) is 0.344. The Hall–Kier alpha value is -3.32. The predicted octanol–water partition coefficient (Wildman–Crippen LogP) is 6.36. The number of piperazine rings is 1. The number of hydrogen-bond acceptors (Lipinski definition) is 4. The highest BCUT2D eigenvalue weighted by Gasteiger charge is 2.17. The van der Waals surface area contributed by atoms with Crippen LogP contribution in [0.2, 0.25) is 5.02 Å². The van der Waals surface area contributed by atoms with Crippen LogP contribution in [0.3, 0.4) is 0 Å². The minimum Gasteiger partial charge on any atom is -0.492 e. The Kier molecular flexibility index (Phi) is 10.8. The molecule has 3 aromatic carbocycles. The molecule has 1 saturated heterocycles. The van der Waals surface area contributed by atoms with Gasteiger partial charge in [-0.25, -0.2) is 4.79 Å². The lowest BCUT2D eigenvalue weighted by atomic mass is 9.88. The van der Waals surface area contributed by atoms with E-state index >= 15 is 0 Å². The van der Waals surface area contributed by atoms with Crippen molar-refractivity contribution < 1.29 is 14.6 Å². The van der Waals surface area contributed by atoms with Crippen LogP contribution in [0.1, 0.15) is 36.5 Å². The van der Waals surface area contributed by atoms with Crippen LogP contribution in [-0.4, -0.2) is 73.4 Å². The van der Waals surface area contributed by atoms with Crippen LogP contribution in [0.25, 0.3) is 11.1 Å². The standard InChI is InChI=1S/C32H38ClN3O3/c1-2-30(25-7-4-3-5-8-25)31(26-9-13-28(33)14-10-26)27-11-15-29(16-12-27)39-24-23-36-21-19-35(20-22-36)18-6-17-34-32(37)38/h3-5,7-16,34H,2,6,17-24H2,1H3,(H,37,38)/b31-30-. The van der Waals surface area contributed by atoms with E-state index in [0.29, 0.717) is 13.2 Å². The SMILES string of the molecule is CC/C(=C(\c1ccc(Cl)cc1)c1ccc(OCCN2CCN(CCCNC(=O)O)CC2)cc1)c1ccccc1. The maximum atomic E-state index is 10.6. The van der Waals surface area contributed by atoms with Gasteiger partial charge in [0.05, 0.1) is 0 Å². The van der Waals surface area contributed by atoms with E-state index in [9.17, 15) is 4.79 Å². The molecule has 1 aliphatic heterocycles. The molecule has 4 rings (SSSR count). The molecule has 0 saturated carbocycles. The molecule has 2 N–H and O–H groups in total. The zero-order chi connectivity index (χ0) is 27.5. The molecule has 6 nitrogen and oxygen atoms in total. The number of rotatable bonds is 12. The number of allylic oxidation sites excluding steroid dienone is 1. The fourth-order valence-electron chi connectivity index (χ4n) is 5.04. The first kappa shape index (κ1) is 28.7. The Morgan fingerprint density at radius 1 is 0.846 bits per heavy atom. The van der Waals surface area contributed by atoms with Crippen LogP contribution in [0, 0.1) is 0 Å². The third kappa shape index (κ3) is 8.59. The van der Waals surface area contributed by atoms with E-state index in [1.54, 1.807) is 0 Å². The van der Waals surface area contributed by atoms with E-state index in [1.807, 2.05) is 18.2 Å². The number of hydrogen-bond donors (Lipinski definition) is 2. The molecular formula is C32H38ClN3O3. The molecule has 1 aliphatic rings. The quantitative estimate of drug-likeness (QED) is 0.204. The van der Waals surface area contributed by atoms with E-state index < -0.39 is 6.09 Å². The van der Waals surface area contributed by atoms with Crippen LogP contribution >= 0.6 is 11.6 Å². The fourth-order valence-corrected chi connectivity index (χ4v) is 5.17. The van der Waals surface area contributed by atoms with E-state index in [-0.39, 0.29) is 0 Å². The molecule has 3 aromatic rings. The molecule has 0 bridgehead atoms. The summed E-state index contributed by atoms with van der Waals surface area (Å²) in [7, 11) is 0. The van der Waals surface area contributed by atoms with Gasteiger partial charge in [0.25, 0.3) is 0 Å². The molecule has 1 heterocycles. The Bertz CT molecular complexity index is 1210. The van der Waals surface area contributed by atoms with Gasteiger partial charge in [0.1, 0.15) is 12.4 Å². The normalized spacial score (nSPS) is 15.0. The Balaban J connectivity index is 1.35. The summed E-state index contributed by atoms with van der Waals surface area (Å²) in [6.07, 6.45) is 0.795. The summed E-state index contributed by atoms with van der Waals surface area (Å²) in [6, 6.07) is 27.1. The van der Waals surface area contributed by atoms with Gasteiger partial charge in [0, 0.05) is 44.3 Å². The van der Waals surface area contributed by atoms with Gasteiger partial charge in [-0.1, -0.05) is 73.1 Å². The molecule has 0 unspecified atom stereocenters. The van der Waals surface area contributed by atoms with Crippen molar-refractivity contribution in [3.05, 3.63) is 101 Å². The summed E-state index contributed by atoms with van der Waals surface area (Å²) < 4.78 is 6.11. The van der Waals surface area contributed by atoms with E-state index in [1.165, 1.54) is 16.7 Å². The molecular weight excluding hydrogens is 510 g/mol. The summed E-state index contributed by atoms with van der Waals surface area (Å²) in [5.74, 6) is 0.872. The van der Waals surface area contributed by atoms with Gasteiger partial charge in [-0.2, -0.15) is 0 Å². The molecule has 1 fully saturated rings. The van der Waals surface area contributed by atoms with Gasteiger partial charge in [0.15, 0.2) is 0 Å². The summed E-state index contributed by atoms with van der Waals surface area (Å²) in [4.78, 5) is 15.4. The first-order valence-corrected chi connectivity index (χ1v) is 14.1. The molecule has 7 heteroatoms. The first-order chi connectivity index (χ1) is 19.0. The highest BCUT2D eigenvalue weighted by atomic mass is 35.5. The average molecular weight is 548 g/mol. The molecule has 206 valence electrons. The van der Waals surface area contributed by atoms with Crippen molar-refractivity contribution in [2.75, 3.05) is 52.4 Å². The largest absolute Gasteiger partial charge is 0.492 e. The summed E-state index contributed by atoms with van der Waals surface area (Å²) in [5, 5.41) is 11.8. The van der Waals surface area contributed by atoms with Gasteiger partial charge >= 0.3 is 6.09 Å². The number of halogens is 1. The van der Waals surface area contributed by atoms with Crippen LogP contribution in [0.4, 0.5) is 4.79 Å². The molecule has 0 aliphatic carbocycles. The van der Waals surface area contributed by atoms with Crippen molar-refractivity contribution in [2.45, 2.75) is 19.8 Å². The number of benzene rings is 3. The van der Waals surface area contributed by atoms with Crippen molar-refractivity contribution in [3.8, 4) is 5.75 Å². The lowest BCUT2D eigenvalue weighted by Crippen LogP contribution is -2.47. The molecule has 0 aromatic heterocycles. The maximum Gasteiger partial charge on any atom is 0.404 e. The van der Waals surface area contributed by atoms with Gasteiger partial charge in [-0.05, 0) is 71.5 Å². The Morgan fingerprint density at radius 2 is 1.44 bits per heavy atom. The van der Waals surface area contributed by atoms with Crippen molar-refractivity contribution in [1.82, 2.24) is 15.1 Å². The minimum absolute atomic E-state index is 0.505. The van der Waals surface area contributed by atoms with Gasteiger partial charge < -0.3 is 20.1 Å². The second-order valence-electron chi connectivity index (χ2n) is 9.72. The highest BCUT2D eigenvalue weighted by molar-refractivity contribution is 6.30. The van der Waals surface area contributed by atoms with E-state index in [2.05, 4.69) is 82.7 Å². The van der Waals surface area contributed by atoms with Crippen LogP contribution in [-0.2, 0) is 0 Å². The minimum atomic E-state index is -0.953. The maximum absolute atomic E-state index is 10.6. The van der Waals surface area contributed by atoms with Crippen LogP contribution in [0.15, 0.2) is 78.9 Å². The Labute approximate surface area is 236 Å². The lowest BCUT2D eigenvalue weighted by molar-refractivity contribution is 0.116. The van der Waals surface area contributed by atoms with E-state index in [4.69, 9.17) is 21.4 Å². The van der Waals surface area contributed by atoms with Crippen molar-refractivity contribution in [1.29, 1.82) is 0 Å².